The summed E-state index contributed by atoms with van der Waals surface area (Å²) in [7, 11) is -2.63. The maximum atomic E-state index is 10.7. The Morgan fingerprint density at radius 3 is 2.17 bits per heavy atom. The molecule has 12 heavy (non-hydrogen) atoms. The molecular weight excluding hydrogens is 191 g/mol. The fourth-order valence-corrected chi connectivity index (χ4v) is 1.09. The zero-order valence-electron chi connectivity index (χ0n) is 6.46. The van der Waals surface area contributed by atoms with Gasteiger partial charge in [0, 0.05) is 7.11 Å². The van der Waals surface area contributed by atoms with Crippen LogP contribution in [0.1, 0.15) is 0 Å². The second-order valence-corrected chi connectivity index (χ2v) is 3.39. The predicted molar refractivity (Wildman–Crippen MR) is 35.9 cm³/mol. The third kappa shape index (κ3) is 3.29. The molecule has 0 aliphatic heterocycles. The third-order valence-electron chi connectivity index (χ3n) is 0.896. The molecule has 2 N–H and O–H groups in total. The average molecular weight is 200 g/mol. The number of ether oxygens (including phenoxy) is 1. The van der Waals surface area contributed by atoms with Crippen molar-refractivity contribution in [2.45, 2.75) is 5.85 Å². The molecule has 0 rings (SSSR count). The molecule has 0 aliphatic carbocycles. The number of carbonyl (C=O) groups excluding carboxylic acids is 1. The molecule has 0 radical (unpaired) electrons. The van der Waals surface area contributed by atoms with Gasteiger partial charge in [-0.3, -0.25) is 9.45 Å². The van der Waals surface area contributed by atoms with Gasteiger partial charge in [0.05, 0.1) is 7.11 Å². The van der Waals surface area contributed by atoms with Gasteiger partial charge in [0.15, 0.2) is 0 Å². The maximum Gasteiger partial charge on any atom is 0.383 e. The molecule has 0 amide bonds. The van der Waals surface area contributed by atoms with Crippen molar-refractivity contribution >= 4 is 13.6 Å². The third-order valence-corrected chi connectivity index (χ3v) is 1.93. The predicted octanol–water partition coefficient (Wildman–Crippen LogP) is -0.759. The normalized spacial score (nSPS) is 14.0. The molecule has 0 aromatic rings. The summed E-state index contributed by atoms with van der Waals surface area (Å²) in [5, 5.41) is 0. The number of hydrogen-bond donors (Lipinski definition) is 2. The van der Waals surface area contributed by atoms with E-state index in [1.165, 1.54) is 0 Å². The van der Waals surface area contributed by atoms with Crippen LogP contribution in [-0.4, -0.2) is 35.8 Å². The van der Waals surface area contributed by atoms with Crippen molar-refractivity contribution in [3.05, 3.63) is 0 Å². The van der Waals surface area contributed by atoms with Crippen molar-refractivity contribution in [3.63, 3.8) is 0 Å². The van der Waals surface area contributed by atoms with Crippen molar-refractivity contribution in [2.24, 2.45) is 0 Å². The summed E-state index contributed by atoms with van der Waals surface area (Å²) < 4.78 is 14.7. The molecule has 0 aromatic heterocycles. The van der Waals surface area contributed by atoms with Crippen LogP contribution in [0.25, 0.3) is 0 Å². The number of hydrogen-bond acceptors (Lipinski definition) is 5. The molecule has 0 aromatic carbocycles. The Bertz CT molecular complexity index is 196. The largest absolute Gasteiger partial charge is 0.383 e. The van der Waals surface area contributed by atoms with Crippen molar-refractivity contribution in [2.75, 3.05) is 14.2 Å². The molecule has 0 heterocycles. The number of methoxy groups -OCH3 is 1. The zero-order chi connectivity index (χ0) is 9.78. The van der Waals surface area contributed by atoms with Gasteiger partial charge in [0.25, 0.3) is 5.85 Å². The van der Waals surface area contributed by atoms with Gasteiger partial charge < -0.3 is 14.5 Å². The van der Waals surface area contributed by atoms with Crippen molar-refractivity contribution < 1.29 is 33.7 Å². The van der Waals surface area contributed by atoms with E-state index in [0.717, 1.165) is 14.2 Å². The smallest absolute Gasteiger partial charge is 0.359 e. The molecule has 0 saturated carbocycles. The highest BCUT2D eigenvalue weighted by Gasteiger charge is 2.38. The van der Waals surface area contributed by atoms with Gasteiger partial charge in [0.1, 0.15) is 0 Å². The molecule has 0 fully saturated rings. The lowest BCUT2D eigenvalue weighted by atomic mass is 10.7. The van der Waals surface area contributed by atoms with Crippen LogP contribution in [0.5, 0.6) is 0 Å². The second kappa shape index (κ2) is 4.54. The van der Waals surface area contributed by atoms with Gasteiger partial charge in [0.2, 0.25) is 0 Å². The molecule has 0 aliphatic rings. The van der Waals surface area contributed by atoms with Crippen molar-refractivity contribution in [1.82, 2.24) is 0 Å². The van der Waals surface area contributed by atoms with E-state index < -0.39 is 19.4 Å². The van der Waals surface area contributed by atoms with Crippen LogP contribution in [0.2, 0.25) is 0 Å². The molecule has 1 unspecified atom stereocenters. The summed E-state index contributed by atoms with van der Waals surface area (Å²) >= 11 is 0. The van der Waals surface area contributed by atoms with Crippen LogP contribution >= 0.6 is 7.60 Å². The van der Waals surface area contributed by atoms with Crippen LogP contribution in [0.15, 0.2) is 0 Å². The van der Waals surface area contributed by atoms with Crippen LogP contribution in [-0.2, 0) is 23.9 Å². The first-order valence-electron chi connectivity index (χ1n) is 2.76. The van der Waals surface area contributed by atoms with E-state index in [1.54, 1.807) is 0 Å². The zero-order valence-corrected chi connectivity index (χ0v) is 7.35. The highest BCUT2D eigenvalue weighted by molar-refractivity contribution is 7.53. The van der Waals surface area contributed by atoms with E-state index in [-0.39, 0.29) is 0 Å². The SMILES string of the molecule is COOC(=O)C(OC)P(=O)(O)O. The van der Waals surface area contributed by atoms with E-state index in [1.807, 2.05) is 0 Å². The minimum atomic E-state index is -4.64. The molecule has 72 valence electrons. The van der Waals surface area contributed by atoms with Crippen molar-refractivity contribution in [3.8, 4) is 0 Å². The lowest BCUT2D eigenvalue weighted by Crippen LogP contribution is -2.25. The Labute approximate surface area is 68.3 Å². The van der Waals surface area contributed by atoms with Gasteiger partial charge >= 0.3 is 13.6 Å². The fraction of sp³-hybridized carbons (Fsp3) is 0.750. The summed E-state index contributed by atoms with van der Waals surface area (Å²) in [5.74, 6) is -3.20. The van der Waals surface area contributed by atoms with E-state index in [4.69, 9.17) is 9.79 Å². The molecule has 8 heteroatoms. The topological polar surface area (TPSA) is 102 Å². The Kier molecular flexibility index (Phi) is 4.36. The monoisotopic (exact) mass is 200 g/mol. The fourth-order valence-electron chi connectivity index (χ4n) is 0.494. The first-order valence-corrected chi connectivity index (χ1v) is 4.44. The molecule has 7 nitrogen and oxygen atoms in total. The first-order chi connectivity index (χ1) is 5.43. The van der Waals surface area contributed by atoms with E-state index >= 15 is 0 Å². The summed E-state index contributed by atoms with van der Waals surface area (Å²) in [6, 6.07) is 0. The van der Waals surface area contributed by atoms with Gasteiger partial charge in [-0.15, -0.1) is 0 Å². The van der Waals surface area contributed by atoms with E-state index in [9.17, 15) is 9.36 Å². The van der Waals surface area contributed by atoms with Gasteiger partial charge in [-0.1, -0.05) is 0 Å². The highest BCUT2D eigenvalue weighted by Crippen LogP contribution is 2.41. The Hall–Kier alpha value is -0.460. The number of rotatable bonds is 4. The van der Waals surface area contributed by atoms with Crippen LogP contribution in [0.4, 0.5) is 0 Å². The quantitative estimate of drug-likeness (QED) is 0.349. The first kappa shape index (κ1) is 11.5. The van der Waals surface area contributed by atoms with Crippen LogP contribution < -0.4 is 0 Å². The average Bonchev–Trinajstić information content (AvgIpc) is 1.85. The molecule has 0 spiro atoms. The summed E-state index contributed by atoms with van der Waals surface area (Å²) in [6.07, 6.45) is 0. The maximum absolute atomic E-state index is 10.7. The summed E-state index contributed by atoms with van der Waals surface area (Å²) in [5.41, 5.74) is 0. The van der Waals surface area contributed by atoms with Crippen LogP contribution in [0.3, 0.4) is 0 Å². The Balaban J connectivity index is 4.36. The van der Waals surface area contributed by atoms with Crippen LogP contribution in [0, 0.1) is 0 Å². The van der Waals surface area contributed by atoms with Gasteiger partial charge in [-0.05, 0) is 0 Å². The Morgan fingerprint density at radius 1 is 1.42 bits per heavy atom. The minimum absolute atomic E-state index is 0.973. The summed E-state index contributed by atoms with van der Waals surface area (Å²) in [4.78, 5) is 35.4. The lowest BCUT2D eigenvalue weighted by Gasteiger charge is -2.13. The Morgan fingerprint density at radius 2 is 1.92 bits per heavy atom. The standard InChI is InChI=1S/C4H9O7P/c1-9-4(12(6,7)8)3(5)11-10-2/h4H,1-2H3,(H2,6,7,8). The highest BCUT2D eigenvalue weighted by atomic mass is 31.2. The minimum Gasteiger partial charge on any atom is -0.359 e. The molecule has 0 bridgehead atoms. The van der Waals surface area contributed by atoms with E-state index in [2.05, 4.69) is 14.5 Å². The van der Waals surface area contributed by atoms with Gasteiger partial charge in [-0.2, -0.15) is 4.89 Å². The lowest BCUT2D eigenvalue weighted by molar-refractivity contribution is -0.260. The molecule has 1 atom stereocenters. The summed E-state index contributed by atoms with van der Waals surface area (Å²) in [6.45, 7) is 0. The second-order valence-electron chi connectivity index (χ2n) is 1.75. The van der Waals surface area contributed by atoms with Crippen molar-refractivity contribution in [1.29, 1.82) is 0 Å². The number of carbonyl (C=O) groups is 1. The molecular formula is C4H9O7P. The van der Waals surface area contributed by atoms with E-state index in [0.29, 0.717) is 0 Å². The molecule has 0 saturated heterocycles. The van der Waals surface area contributed by atoms with Gasteiger partial charge in [-0.25, -0.2) is 4.79 Å².